The Morgan fingerprint density at radius 1 is 0.923 bits per heavy atom. The van der Waals surface area contributed by atoms with Gasteiger partial charge < -0.3 is 5.11 Å². The van der Waals surface area contributed by atoms with Crippen molar-refractivity contribution >= 4 is 11.5 Å². The maximum absolute atomic E-state index is 11.1. The minimum absolute atomic E-state index is 0.0934. The SMILES string of the molecule is C=C(c1ccc(C(=O)O)cc1)c1c(C)ccc2c1C(C)(C)CCC2(C)C. The average molecular weight is 348 g/mol. The maximum atomic E-state index is 11.1. The Labute approximate surface area is 156 Å². The monoisotopic (exact) mass is 348 g/mol. The summed E-state index contributed by atoms with van der Waals surface area (Å²) in [5.41, 5.74) is 7.77. The van der Waals surface area contributed by atoms with Crippen molar-refractivity contribution in [2.24, 2.45) is 0 Å². The highest BCUT2D eigenvalue weighted by molar-refractivity contribution is 5.89. The van der Waals surface area contributed by atoms with Crippen molar-refractivity contribution in [2.45, 2.75) is 58.3 Å². The molecule has 2 heteroatoms. The molecule has 0 saturated heterocycles. The van der Waals surface area contributed by atoms with Crippen LogP contribution in [0.2, 0.25) is 0 Å². The minimum atomic E-state index is -0.904. The van der Waals surface area contributed by atoms with Gasteiger partial charge in [-0.1, -0.05) is 58.5 Å². The van der Waals surface area contributed by atoms with Gasteiger partial charge in [0.25, 0.3) is 0 Å². The van der Waals surface area contributed by atoms with Crippen LogP contribution in [0.3, 0.4) is 0 Å². The summed E-state index contributed by atoms with van der Waals surface area (Å²) in [6.45, 7) is 15.8. The predicted octanol–water partition coefficient (Wildman–Crippen LogP) is 6.10. The summed E-state index contributed by atoms with van der Waals surface area (Å²) in [5, 5.41) is 9.14. The number of hydrogen-bond acceptors (Lipinski definition) is 1. The van der Waals surface area contributed by atoms with Gasteiger partial charge >= 0.3 is 5.97 Å². The lowest BCUT2D eigenvalue weighted by Gasteiger charge is -2.43. The second-order valence-electron chi connectivity index (χ2n) is 8.81. The summed E-state index contributed by atoms with van der Waals surface area (Å²) in [7, 11) is 0. The third-order valence-corrected chi connectivity index (χ3v) is 5.98. The lowest BCUT2D eigenvalue weighted by Crippen LogP contribution is -2.35. The topological polar surface area (TPSA) is 37.3 Å². The molecule has 26 heavy (non-hydrogen) atoms. The fraction of sp³-hybridized carbons (Fsp3) is 0.375. The van der Waals surface area contributed by atoms with E-state index in [0.29, 0.717) is 5.56 Å². The zero-order valence-corrected chi connectivity index (χ0v) is 16.4. The first kappa shape index (κ1) is 18.4. The van der Waals surface area contributed by atoms with Crippen molar-refractivity contribution in [3.8, 4) is 0 Å². The Kier molecular flexibility index (Phi) is 4.34. The number of carbonyl (C=O) groups is 1. The van der Waals surface area contributed by atoms with Crippen LogP contribution in [0, 0.1) is 6.92 Å². The summed E-state index contributed by atoms with van der Waals surface area (Å²) in [6.07, 6.45) is 2.32. The number of hydrogen-bond donors (Lipinski definition) is 1. The van der Waals surface area contributed by atoms with Gasteiger partial charge in [0, 0.05) is 0 Å². The molecule has 0 heterocycles. The summed E-state index contributed by atoms with van der Waals surface area (Å²) in [5.74, 6) is -0.904. The lowest BCUT2D eigenvalue weighted by molar-refractivity contribution is 0.0697. The number of rotatable bonds is 3. The molecule has 1 N–H and O–H groups in total. The Morgan fingerprint density at radius 2 is 1.46 bits per heavy atom. The van der Waals surface area contributed by atoms with Crippen LogP contribution in [-0.4, -0.2) is 11.1 Å². The van der Waals surface area contributed by atoms with Crippen LogP contribution in [0.15, 0.2) is 43.0 Å². The molecular weight excluding hydrogens is 320 g/mol. The number of carboxylic acids is 1. The molecule has 1 aliphatic rings. The van der Waals surface area contributed by atoms with Gasteiger partial charge in [0.1, 0.15) is 0 Å². The van der Waals surface area contributed by atoms with Gasteiger partial charge in [0.05, 0.1) is 5.56 Å². The minimum Gasteiger partial charge on any atom is -0.478 e. The van der Waals surface area contributed by atoms with Crippen LogP contribution in [0.5, 0.6) is 0 Å². The molecule has 0 aromatic heterocycles. The van der Waals surface area contributed by atoms with Gasteiger partial charge in [0.2, 0.25) is 0 Å². The molecule has 2 aromatic carbocycles. The van der Waals surface area contributed by atoms with Crippen LogP contribution >= 0.6 is 0 Å². The fourth-order valence-corrected chi connectivity index (χ4v) is 4.21. The van der Waals surface area contributed by atoms with Crippen LogP contribution in [0.25, 0.3) is 5.57 Å². The Hall–Kier alpha value is -2.35. The van der Waals surface area contributed by atoms with Crippen molar-refractivity contribution < 1.29 is 9.90 Å². The van der Waals surface area contributed by atoms with Crippen LogP contribution in [0.4, 0.5) is 0 Å². The van der Waals surface area contributed by atoms with E-state index in [1.54, 1.807) is 12.1 Å². The first-order valence-corrected chi connectivity index (χ1v) is 9.22. The maximum Gasteiger partial charge on any atom is 0.335 e. The number of carboxylic acid groups (broad SMARTS) is 1. The molecule has 0 aliphatic heterocycles. The van der Waals surface area contributed by atoms with Gasteiger partial charge in [-0.3, -0.25) is 0 Å². The van der Waals surface area contributed by atoms with Gasteiger partial charge in [-0.2, -0.15) is 0 Å². The molecule has 0 radical (unpaired) electrons. The van der Waals surface area contributed by atoms with Crippen molar-refractivity contribution in [1.29, 1.82) is 0 Å². The second kappa shape index (κ2) is 6.12. The molecule has 2 nitrogen and oxygen atoms in total. The Balaban J connectivity index is 2.19. The smallest absolute Gasteiger partial charge is 0.335 e. The number of aryl methyl sites for hydroxylation is 1. The molecular formula is C24H28O2. The average Bonchev–Trinajstić information content (AvgIpc) is 2.58. The molecule has 0 bridgehead atoms. The molecule has 136 valence electrons. The summed E-state index contributed by atoms with van der Waals surface area (Å²) >= 11 is 0. The third kappa shape index (κ3) is 2.98. The van der Waals surface area contributed by atoms with Crippen molar-refractivity contribution in [1.82, 2.24) is 0 Å². The highest BCUT2D eigenvalue weighted by Gasteiger charge is 2.39. The van der Waals surface area contributed by atoms with Crippen LogP contribution in [0.1, 0.15) is 78.7 Å². The van der Waals surface area contributed by atoms with Crippen molar-refractivity contribution in [3.05, 3.63) is 76.4 Å². The van der Waals surface area contributed by atoms with E-state index in [1.165, 1.54) is 28.7 Å². The predicted molar refractivity (Wildman–Crippen MR) is 108 cm³/mol. The standard InChI is InChI=1S/C24H28O2/c1-15-7-12-19-21(24(5,6)14-13-23(19,3)4)20(15)16(2)17-8-10-18(11-9-17)22(25)26/h7-12H,2,13-14H2,1,3-6H3,(H,25,26). The first-order valence-electron chi connectivity index (χ1n) is 9.22. The van der Waals surface area contributed by atoms with Crippen molar-refractivity contribution in [2.75, 3.05) is 0 Å². The van der Waals surface area contributed by atoms with E-state index in [0.717, 1.165) is 17.6 Å². The highest BCUT2D eigenvalue weighted by Crippen LogP contribution is 2.49. The van der Waals surface area contributed by atoms with E-state index < -0.39 is 5.97 Å². The van der Waals surface area contributed by atoms with Gasteiger partial charge in [-0.05, 0) is 76.1 Å². The third-order valence-electron chi connectivity index (χ3n) is 5.98. The Bertz CT molecular complexity index is 883. The number of fused-ring (bicyclic) bond motifs is 1. The fourth-order valence-electron chi connectivity index (χ4n) is 4.21. The molecule has 0 atom stereocenters. The molecule has 0 fully saturated rings. The molecule has 0 saturated carbocycles. The molecule has 0 unspecified atom stereocenters. The normalized spacial score (nSPS) is 17.4. The van der Waals surface area contributed by atoms with E-state index in [9.17, 15) is 4.79 Å². The van der Waals surface area contributed by atoms with E-state index in [1.807, 2.05) is 12.1 Å². The molecule has 3 rings (SSSR count). The van der Waals surface area contributed by atoms with Gasteiger partial charge in [-0.15, -0.1) is 0 Å². The number of benzene rings is 2. The summed E-state index contributed by atoms with van der Waals surface area (Å²) < 4.78 is 0. The van der Waals surface area contributed by atoms with Crippen LogP contribution < -0.4 is 0 Å². The quantitative estimate of drug-likeness (QED) is 0.727. The summed E-state index contributed by atoms with van der Waals surface area (Å²) in [4.78, 5) is 11.1. The summed E-state index contributed by atoms with van der Waals surface area (Å²) in [6, 6.07) is 11.5. The number of aromatic carboxylic acids is 1. The first-order chi connectivity index (χ1) is 12.0. The second-order valence-corrected chi connectivity index (χ2v) is 8.81. The molecule has 0 spiro atoms. The van der Waals surface area contributed by atoms with Gasteiger partial charge in [-0.25, -0.2) is 4.79 Å². The zero-order valence-electron chi connectivity index (χ0n) is 16.4. The van der Waals surface area contributed by atoms with Crippen molar-refractivity contribution in [3.63, 3.8) is 0 Å². The molecule has 2 aromatic rings. The Morgan fingerprint density at radius 3 is 2.04 bits per heavy atom. The molecule has 0 amide bonds. The zero-order chi connectivity index (χ0) is 19.3. The van der Waals surface area contributed by atoms with E-state index in [4.69, 9.17) is 5.11 Å². The molecule has 1 aliphatic carbocycles. The van der Waals surface area contributed by atoms with E-state index in [-0.39, 0.29) is 10.8 Å². The van der Waals surface area contributed by atoms with E-state index in [2.05, 4.69) is 53.3 Å². The van der Waals surface area contributed by atoms with Crippen LogP contribution in [-0.2, 0) is 10.8 Å². The largest absolute Gasteiger partial charge is 0.478 e. The lowest BCUT2D eigenvalue weighted by atomic mass is 9.61. The van der Waals surface area contributed by atoms with E-state index >= 15 is 0 Å². The van der Waals surface area contributed by atoms with Gasteiger partial charge in [0.15, 0.2) is 0 Å². The highest BCUT2D eigenvalue weighted by atomic mass is 16.4.